The number of nitrogens with zero attached hydrogens (tertiary/aromatic N) is 3. The van der Waals surface area contributed by atoms with Crippen LogP contribution in [0.4, 0.5) is 11.4 Å². The van der Waals surface area contributed by atoms with Gasteiger partial charge in [0.2, 0.25) is 5.91 Å². The molecule has 1 aliphatic rings. The van der Waals surface area contributed by atoms with Crippen LogP contribution in [0.25, 0.3) is 28.2 Å². The highest BCUT2D eigenvalue weighted by molar-refractivity contribution is 8.15. The Bertz CT molecular complexity index is 2400. The zero-order valence-electron chi connectivity index (χ0n) is 28.6. The lowest BCUT2D eigenvalue weighted by Gasteiger charge is -2.22. The predicted molar refractivity (Wildman–Crippen MR) is 208 cm³/mol. The molecule has 1 atom stereocenters. The summed E-state index contributed by atoms with van der Waals surface area (Å²) in [6.07, 6.45) is 1.66. The fourth-order valence-electron chi connectivity index (χ4n) is 5.90. The first-order valence-electron chi connectivity index (χ1n) is 16.5. The number of benzene rings is 5. The summed E-state index contributed by atoms with van der Waals surface area (Å²) in [5.41, 5.74) is 4.57. The molecule has 7 rings (SSSR count). The number of fused-ring (bicyclic) bond motifs is 1. The number of aromatic nitrogens is 1. The topological polar surface area (TPSA) is 130 Å². The van der Waals surface area contributed by atoms with E-state index in [0.717, 1.165) is 11.8 Å². The summed E-state index contributed by atoms with van der Waals surface area (Å²) < 4.78 is 10.9. The number of rotatable bonds is 10. The third-order valence-corrected chi connectivity index (χ3v) is 9.74. The molecular formula is C42H32N4O6S. The number of carbonyl (C=O) groups is 3. The van der Waals surface area contributed by atoms with Crippen LogP contribution in [0, 0.1) is 0 Å². The van der Waals surface area contributed by atoms with E-state index in [-0.39, 0.29) is 23.1 Å². The van der Waals surface area contributed by atoms with Crippen LogP contribution in [0.5, 0.6) is 11.5 Å². The summed E-state index contributed by atoms with van der Waals surface area (Å²) in [7, 11) is 3.11. The number of amides is 2. The minimum absolute atomic E-state index is 0.157. The van der Waals surface area contributed by atoms with Gasteiger partial charge in [0.25, 0.3) is 5.91 Å². The first kappa shape index (κ1) is 34.7. The first-order chi connectivity index (χ1) is 25.8. The summed E-state index contributed by atoms with van der Waals surface area (Å²) in [5.74, 6) is -0.605. The van der Waals surface area contributed by atoms with E-state index in [0.29, 0.717) is 61.3 Å². The first-order valence-corrected chi connectivity index (χ1v) is 17.4. The molecule has 0 aliphatic carbocycles. The standard InChI is InChI=1S/C42H32N4O6S/c1-51-31-22-19-28(37(24-31)52-2)23-36-40(48)46(30-13-7-4-8-14-30)42(45-36)53-38(27-11-5-3-6-12-27)39(47)43-29-20-17-26(18-21-29)35-25-33(41(49)50)32-15-9-10-16-34(32)44-35/h3-25,38H,1-2H3,(H,43,47)(H,49,50)/b36-23-. The number of hydrogen-bond donors (Lipinski definition) is 2. The number of aliphatic imine (C=N–C) groups is 1. The van der Waals surface area contributed by atoms with Crippen molar-refractivity contribution in [3.63, 3.8) is 0 Å². The fraction of sp³-hybridized carbons (Fsp3) is 0.0714. The van der Waals surface area contributed by atoms with Gasteiger partial charge in [-0.05, 0) is 60.2 Å². The second-order valence-electron chi connectivity index (χ2n) is 11.9. The molecule has 6 aromatic rings. The Hall–Kier alpha value is -6.72. The Balaban J connectivity index is 1.20. The maximum atomic E-state index is 14.2. The van der Waals surface area contributed by atoms with Gasteiger partial charge in [0.05, 0.1) is 36.7 Å². The Kier molecular flexibility index (Phi) is 9.99. The third kappa shape index (κ3) is 7.37. The number of carboxylic acid groups (broad SMARTS) is 1. The number of carbonyl (C=O) groups excluding carboxylic acids is 2. The van der Waals surface area contributed by atoms with Crippen molar-refractivity contribution in [1.29, 1.82) is 0 Å². The van der Waals surface area contributed by atoms with E-state index in [4.69, 9.17) is 14.5 Å². The van der Waals surface area contributed by atoms with E-state index >= 15 is 0 Å². The van der Waals surface area contributed by atoms with Crippen LogP contribution in [-0.2, 0) is 9.59 Å². The van der Waals surface area contributed by atoms with Gasteiger partial charge < -0.3 is 19.9 Å². The average molecular weight is 721 g/mol. The van der Waals surface area contributed by atoms with Crippen LogP contribution < -0.4 is 19.7 Å². The van der Waals surface area contributed by atoms with Crippen molar-refractivity contribution in [3.05, 3.63) is 156 Å². The van der Waals surface area contributed by atoms with Gasteiger partial charge in [0.1, 0.15) is 22.4 Å². The number of thioether (sulfide) groups is 1. The Morgan fingerprint density at radius 1 is 0.830 bits per heavy atom. The molecule has 0 radical (unpaired) electrons. The molecule has 0 spiro atoms. The number of amidine groups is 1. The van der Waals surface area contributed by atoms with Gasteiger partial charge in [0.15, 0.2) is 5.17 Å². The Morgan fingerprint density at radius 2 is 1.53 bits per heavy atom. The van der Waals surface area contributed by atoms with E-state index in [1.54, 1.807) is 87.0 Å². The van der Waals surface area contributed by atoms with Crippen molar-refractivity contribution in [2.24, 2.45) is 4.99 Å². The summed E-state index contributed by atoms with van der Waals surface area (Å²) >= 11 is 1.16. The second kappa shape index (κ2) is 15.3. The van der Waals surface area contributed by atoms with Gasteiger partial charge in [-0.25, -0.2) is 14.8 Å². The quantitative estimate of drug-likeness (QED) is 0.135. The number of nitrogens with one attached hydrogen (secondary N) is 1. The zero-order valence-corrected chi connectivity index (χ0v) is 29.4. The molecule has 53 heavy (non-hydrogen) atoms. The Morgan fingerprint density at radius 3 is 2.23 bits per heavy atom. The molecule has 0 bridgehead atoms. The van der Waals surface area contributed by atoms with E-state index < -0.39 is 11.2 Å². The Labute approximate surface area is 309 Å². The van der Waals surface area contributed by atoms with Crippen LogP contribution in [0.15, 0.2) is 144 Å². The van der Waals surface area contributed by atoms with E-state index in [2.05, 4.69) is 10.3 Å². The lowest BCUT2D eigenvalue weighted by atomic mass is 10.0. The van der Waals surface area contributed by atoms with Crippen LogP contribution in [0.2, 0.25) is 0 Å². The minimum Gasteiger partial charge on any atom is -0.497 e. The highest BCUT2D eigenvalue weighted by Gasteiger charge is 2.36. The zero-order chi connectivity index (χ0) is 36.9. The maximum Gasteiger partial charge on any atom is 0.336 e. The number of anilines is 2. The van der Waals surface area contributed by atoms with Crippen molar-refractivity contribution in [2.45, 2.75) is 5.25 Å². The molecule has 0 saturated carbocycles. The number of aromatic carboxylic acids is 1. The van der Waals surface area contributed by atoms with Gasteiger partial charge in [-0.2, -0.15) is 0 Å². The van der Waals surface area contributed by atoms with Gasteiger partial charge in [-0.15, -0.1) is 0 Å². The lowest BCUT2D eigenvalue weighted by molar-refractivity contribution is -0.116. The highest BCUT2D eigenvalue weighted by atomic mass is 32.2. The average Bonchev–Trinajstić information content (AvgIpc) is 3.50. The van der Waals surface area contributed by atoms with Crippen molar-refractivity contribution >= 4 is 63.1 Å². The molecule has 0 fully saturated rings. The van der Waals surface area contributed by atoms with Crippen molar-refractivity contribution in [3.8, 4) is 22.8 Å². The van der Waals surface area contributed by atoms with Gasteiger partial charge in [-0.3, -0.25) is 14.5 Å². The molecule has 2 heterocycles. The molecule has 2 amide bonds. The number of carboxylic acids is 1. The van der Waals surface area contributed by atoms with Crippen LogP contribution >= 0.6 is 11.8 Å². The number of hydrogen-bond acceptors (Lipinski definition) is 8. The maximum absolute atomic E-state index is 14.2. The minimum atomic E-state index is -1.04. The number of pyridine rings is 1. The summed E-state index contributed by atoms with van der Waals surface area (Å²) in [4.78, 5) is 51.2. The predicted octanol–water partition coefficient (Wildman–Crippen LogP) is 8.47. The van der Waals surface area contributed by atoms with Crippen LogP contribution in [-0.4, -0.2) is 47.3 Å². The molecule has 0 saturated heterocycles. The monoisotopic (exact) mass is 720 g/mol. The van der Waals surface area contributed by atoms with E-state index in [1.807, 2.05) is 66.7 Å². The molecule has 1 unspecified atom stereocenters. The van der Waals surface area contributed by atoms with Crippen LogP contribution in [0.1, 0.15) is 26.7 Å². The molecule has 10 nitrogen and oxygen atoms in total. The van der Waals surface area contributed by atoms with Gasteiger partial charge in [0, 0.05) is 28.3 Å². The summed E-state index contributed by atoms with van der Waals surface area (Å²) in [5, 5.41) is 12.9. The SMILES string of the molecule is COc1ccc(/C=C2\N=C(SC(C(=O)Nc3ccc(-c4cc(C(=O)O)c5ccccc5n4)cc3)c3ccccc3)N(c3ccccc3)C2=O)c(OC)c1. The summed E-state index contributed by atoms with van der Waals surface area (Å²) in [6, 6.07) is 39.4. The van der Waals surface area contributed by atoms with Crippen molar-refractivity contribution in [1.82, 2.24) is 4.98 Å². The highest BCUT2D eigenvalue weighted by Crippen LogP contribution is 2.39. The lowest BCUT2D eigenvalue weighted by Crippen LogP contribution is -2.32. The van der Waals surface area contributed by atoms with E-state index in [1.165, 1.54) is 4.90 Å². The molecule has 2 N–H and O–H groups in total. The smallest absolute Gasteiger partial charge is 0.336 e. The number of ether oxygens (including phenoxy) is 2. The second-order valence-corrected chi connectivity index (χ2v) is 12.9. The molecule has 262 valence electrons. The van der Waals surface area contributed by atoms with Gasteiger partial charge >= 0.3 is 5.97 Å². The van der Waals surface area contributed by atoms with Crippen LogP contribution in [0.3, 0.4) is 0 Å². The van der Waals surface area contributed by atoms with Crippen molar-refractivity contribution < 1.29 is 29.0 Å². The summed E-state index contributed by atoms with van der Waals surface area (Å²) in [6.45, 7) is 0. The number of para-hydroxylation sites is 2. The molecular weight excluding hydrogens is 689 g/mol. The fourth-order valence-corrected chi connectivity index (χ4v) is 7.02. The normalized spacial score (nSPS) is 13.8. The molecule has 11 heteroatoms. The molecule has 1 aliphatic heterocycles. The third-order valence-electron chi connectivity index (χ3n) is 8.54. The largest absolute Gasteiger partial charge is 0.497 e. The van der Waals surface area contributed by atoms with E-state index in [9.17, 15) is 19.5 Å². The molecule has 1 aromatic heterocycles. The number of methoxy groups -OCH3 is 2. The van der Waals surface area contributed by atoms with Crippen molar-refractivity contribution in [2.75, 3.05) is 24.4 Å². The van der Waals surface area contributed by atoms with Gasteiger partial charge in [-0.1, -0.05) is 90.6 Å². The molecule has 5 aromatic carbocycles.